The van der Waals surface area contributed by atoms with Gasteiger partial charge in [0.15, 0.2) is 0 Å². The van der Waals surface area contributed by atoms with Crippen molar-refractivity contribution in [3.63, 3.8) is 0 Å². The highest BCUT2D eigenvalue weighted by Crippen LogP contribution is 1.89. The van der Waals surface area contributed by atoms with Gasteiger partial charge in [0.2, 0.25) is 5.91 Å². The summed E-state index contributed by atoms with van der Waals surface area (Å²) in [5.41, 5.74) is 0. The lowest BCUT2D eigenvalue weighted by molar-refractivity contribution is -0.128. The monoisotopic (exact) mass is 215 g/mol. The maximum absolute atomic E-state index is 11.4. The summed E-state index contributed by atoms with van der Waals surface area (Å²) >= 11 is 0. The Labute approximate surface area is 93.6 Å². The van der Waals surface area contributed by atoms with E-state index < -0.39 is 0 Å². The van der Waals surface area contributed by atoms with Crippen molar-refractivity contribution in [3.05, 3.63) is 0 Å². The van der Waals surface area contributed by atoms with Crippen molar-refractivity contribution in [2.45, 2.75) is 19.8 Å². The predicted octanol–water partition coefficient (Wildman–Crippen LogP) is 0.396. The summed E-state index contributed by atoms with van der Waals surface area (Å²) < 4.78 is 0. The van der Waals surface area contributed by atoms with Gasteiger partial charge in [-0.05, 0) is 47.0 Å². The van der Waals surface area contributed by atoms with Crippen LogP contribution < -0.4 is 5.32 Å². The van der Waals surface area contributed by atoms with Crippen molar-refractivity contribution in [3.8, 4) is 0 Å². The molecule has 15 heavy (non-hydrogen) atoms. The normalized spacial score (nSPS) is 10.7. The quantitative estimate of drug-likeness (QED) is 0.595. The van der Waals surface area contributed by atoms with E-state index in [1.807, 2.05) is 14.0 Å². The molecular weight excluding hydrogens is 190 g/mol. The fraction of sp³-hybridized carbons (Fsp3) is 0.909. The highest BCUT2D eigenvalue weighted by atomic mass is 16.2. The molecule has 1 N–H and O–H groups in total. The number of rotatable bonds is 8. The standard InChI is InChI=1S/C11H25N3O/c1-5-14(4)11(15)10-12-8-6-7-9-13(2)3/h12H,5-10H2,1-4H3. The van der Waals surface area contributed by atoms with Crippen LogP contribution in [0.5, 0.6) is 0 Å². The summed E-state index contributed by atoms with van der Waals surface area (Å²) in [6.45, 7) is 5.27. The first-order valence-electron chi connectivity index (χ1n) is 5.67. The van der Waals surface area contributed by atoms with Crippen LogP contribution in [0.4, 0.5) is 0 Å². The molecule has 0 aromatic rings. The third-order valence-electron chi connectivity index (χ3n) is 2.39. The topological polar surface area (TPSA) is 35.6 Å². The van der Waals surface area contributed by atoms with Gasteiger partial charge in [-0.15, -0.1) is 0 Å². The van der Waals surface area contributed by atoms with Gasteiger partial charge in [0.1, 0.15) is 0 Å². The number of carbonyl (C=O) groups excluding carboxylic acids is 1. The Bertz CT molecular complexity index is 171. The van der Waals surface area contributed by atoms with Gasteiger partial charge in [-0.2, -0.15) is 0 Å². The average Bonchev–Trinajstić information content (AvgIpc) is 2.21. The van der Waals surface area contributed by atoms with E-state index in [1.54, 1.807) is 4.90 Å². The van der Waals surface area contributed by atoms with Crippen molar-refractivity contribution in [2.75, 3.05) is 47.3 Å². The molecule has 0 aromatic carbocycles. The third-order valence-corrected chi connectivity index (χ3v) is 2.39. The van der Waals surface area contributed by atoms with Gasteiger partial charge in [-0.25, -0.2) is 0 Å². The molecule has 0 saturated heterocycles. The van der Waals surface area contributed by atoms with E-state index in [1.165, 1.54) is 6.42 Å². The van der Waals surface area contributed by atoms with E-state index in [4.69, 9.17) is 0 Å². The van der Waals surface area contributed by atoms with Crippen molar-refractivity contribution < 1.29 is 4.79 Å². The molecule has 0 spiro atoms. The summed E-state index contributed by atoms with van der Waals surface area (Å²) in [5.74, 6) is 0.171. The molecule has 1 amide bonds. The molecular formula is C11H25N3O. The number of nitrogens with zero attached hydrogens (tertiary/aromatic N) is 2. The molecule has 0 fully saturated rings. The largest absolute Gasteiger partial charge is 0.345 e. The van der Waals surface area contributed by atoms with Crippen LogP contribution >= 0.6 is 0 Å². The maximum atomic E-state index is 11.4. The molecule has 0 bridgehead atoms. The lowest BCUT2D eigenvalue weighted by Gasteiger charge is -2.14. The number of nitrogens with one attached hydrogen (secondary N) is 1. The molecule has 0 aliphatic carbocycles. The summed E-state index contributed by atoms with van der Waals surface area (Å²) in [4.78, 5) is 15.3. The lowest BCUT2D eigenvalue weighted by Crippen LogP contribution is -2.35. The molecule has 0 aliphatic rings. The van der Waals surface area contributed by atoms with Crippen LogP contribution in [0.2, 0.25) is 0 Å². The number of amides is 1. The molecule has 0 atom stereocenters. The van der Waals surface area contributed by atoms with Crippen LogP contribution in [0, 0.1) is 0 Å². The highest BCUT2D eigenvalue weighted by Gasteiger charge is 2.04. The SMILES string of the molecule is CCN(C)C(=O)CNCCCCN(C)C. The smallest absolute Gasteiger partial charge is 0.236 e. The minimum absolute atomic E-state index is 0.171. The van der Waals surface area contributed by atoms with Gasteiger partial charge in [-0.1, -0.05) is 0 Å². The number of hydrogen-bond acceptors (Lipinski definition) is 3. The van der Waals surface area contributed by atoms with E-state index in [-0.39, 0.29) is 5.91 Å². The van der Waals surface area contributed by atoms with E-state index in [0.29, 0.717) is 6.54 Å². The van der Waals surface area contributed by atoms with Gasteiger partial charge in [0, 0.05) is 13.6 Å². The summed E-state index contributed by atoms with van der Waals surface area (Å²) in [5, 5.41) is 3.16. The molecule has 0 unspecified atom stereocenters. The van der Waals surface area contributed by atoms with E-state index in [9.17, 15) is 4.79 Å². The van der Waals surface area contributed by atoms with Gasteiger partial charge in [0.25, 0.3) is 0 Å². The number of hydrogen-bond donors (Lipinski definition) is 1. The average molecular weight is 215 g/mol. The molecule has 0 saturated carbocycles. The van der Waals surface area contributed by atoms with Crippen molar-refractivity contribution in [1.82, 2.24) is 15.1 Å². The molecule has 0 aliphatic heterocycles. The van der Waals surface area contributed by atoms with Crippen LogP contribution in [0.25, 0.3) is 0 Å². The zero-order valence-corrected chi connectivity index (χ0v) is 10.5. The first-order chi connectivity index (χ1) is 7.07. The number of carbonyl (C=O) groups is 1. The van der Waals surface area contributed by atoms with Gasteiger partial charge < -0.3 is 15.1 Å². The van der Waals surface area contributed by atoms with E-state index in [0.717, 1.165) is 26.1 Å². The van der Waals surface area contributed by atoms with Gasteiger partial charge in [-0.3, -0.25) is 4.79 Å². The first-order valence-corrected chi connectivity index (χ1v) is 5.67. The van der Waals surface area contributed by atoms with Gasteiger partial charge >= 0.3 is 0 Å². The Balaban J connectivity index is 3.27. The molecule has 0 heterocycles. The van der Waals surface area contributed by atoms with Crippen LogP contribution in [0.1, 0.15) is 19.8 Å². The van der Waals surface area contributed by atoms with Crippen LogP contribution in [-0.4, -0.2) is 63.0 Å². The Morgan fingerprint density at radius 3 is 2.40 bits per heavy atom. The fourth-order valence-corrected chi connectivity index (χ4v) is 1.18. The molecule has 0 rings (SSSR count). The van der Waals surface area contributed by atoms with Crippen LogP contribution in [-0.2, 0) is 4.79 Å². The van der Waals surface area contributed by atoms with Crippen molar-refractivity contribution in [2.24, 2.45) is 0 Å². The summed E-state index contributed by atoms with van der Waals surface area (Å²) in [7, 11) is 5.98. The predicted molar refractivity (Wildman–Crippen MR) is 64.0 cm³/mol. The molecule has 4 nitrogen and oxygen atoms in total. The van der Waals surface area contributed by atoms with E-state index in [2.05, 4.69) is 24.3 Å². The second-order valence-corrected chi connectivity index (χ2v) is 4.10. The first kappa shape index (κ1) is 14.4. The van der Waals surface area contributed by atoms with Crippen molar-refractivity contribution in [1.29, 1.82) is 0 Å². The summed E-state index contributed by atoms with van der Waals surface area (Å²) in [6, 6.07) is 0. The number of unbranched alkanes of at least 4 members (excludes halogenated alkanes) is 1. The Hall–Kier alpha value is -0.610. The highest BCUT2D eigenvalue weighted by molar-refractivity contribution is 5.77. The van der Waals surface area contributed by atoms with Crippen LogP contribution in [0.3, 0.4) is 0 Å². The Morgan fingerprint density at radius 1 is 1.20 bits per heavy atom. The Morgan fingerprint density at radius 2 is 1.87 bits per heavy atom. The molecule has 4 heteroatoms. The number of likely N-dealkylation sites (N-methyl/N-ethyl adjacent to an activating group) is 1. The second-order valence-electron chi connectivity index (χ2n) is 4.10. The maximum Gasteiger partial charge on any atom is 0.236 e. The summed E-state index contributed by atoms with van der Waals surface area (Å²) in [6.07, 6.45) is 2.30. The van der Waals surface area contributed by atoms with Gasteiger partial charge in [0.05, 0.1) is 6.54 Å². The second kappa shape index (κ2) is 8.68. The Kier molecular flexibility index (Phi) is 8.33. The lowest BCUT2D eigenvalue weighted by atomic mass is 10.3. The zero-order chi connectivity index (χ0) is 11.7. The van der Waals surface area contributed by atoms with Crippen molar-refractivity contribution >= 4 is 5.91 Å². The molecule has 90 valence electrons. The fourth-order valence-electron chi connectivity index (χ4n) is 1.18. The van der Waals surface area contributed by atoms with Crippen LogP contribution in [0.15, 0.2) is 0 Å². The minimum Gasteiger partial charge on any atom is -0.345 e. The zero-order valence-electron chi connectivity index (χ0n) is 10.5. The molecule has 0 radical (unpaired) electrons. The van der Waals surface area contributed by atoms with E-state index >= 15 is 0 Å². The third kappa shape index (κ3) is 8.39. The molecule has 0 aromatic heterocycles. The minimum atomic E-state index is 0.171.